The van der Waals surface area contributed by atoms with Crippen molar-refractivity contribution in [3.63, 3.8) is 0 Å². The number of likely N-dealkylation sites (tertiary alicyclic amines) is 1. The fraction of sp³-hybridized carbons (Fsp3) is 0.375. The van der Waals surface area contributed by atoms with Gasteiger partial charge in [0.2, 0.25) is 17.6 Å². The Hall–Kier alpha value is -2.70. The smallest absolute Gasteiger partial charge is 0.241 e. The third kappa shape index (κ3) is 5.51. The Kier molecular flexibility index (Phi) is 6.99. The summed E-state index contributed by atoms with van der Waals surface area (Å²) in [5, 5.41) is 7.99. The summed E-state index contributed by atoms with van der Waals surface area (Å²) in [6, 6.07) is 17.5. The molecule has 31 heavy (non-hydrogen) atoms. The van der Waals surface area contributed by atoms with Gasteiger partial charge in [0.15, 0.2) is 0 Å². The number of rotatable bonds is 7. The maximum Gasteiger partial charge on any atom is 0.241 e. The normalized spacial score (nSPS) is 17.9. The van der Waals surface area contributed by atoms with Gasteiger partial charge in [-0.05, 0) is 55.6 Å². The molecular weight excluding hydrogens is 412 g/mol. The molecule has 1 N–H and O–H groups in total. The minimum Gasteiger partial charge on any atom is -0.349 e. The van der Waals surface area contributed by atoms with E-state index in [1.165, 1.54) is 0 Å². The Morgan fingerprint density at radius 2 is 2.00 bits per heavy atom. The minimum atomic E-state index is -0.0369. The number of amides is 1. The molecule has 2 aromatic carbocycles. The number of piperidine rings is 1. The number of hydrogen-bond donors (Lipinski definition) is 1. The van der Waals surface area contributed by atoms with Crippen LogP contribution in [0, 0.1) is 5.92 Å². The second-order valence-electron chi connectivity index (χ2n) is 7.97. The number of aromatic nitrogens is 2. The molecule has 7 heteroatoms. The highest BCUT2D eigenvalue weighted by Gasteiger charge is 2.28. The van der Waals surface area contributed by atoms with Gasteiger partial charge in [-0.1, -0.05) is 54.0 Å². The Labute approximate surface area is 187 Å². The van der Waals surface area contributed by atoms with Crippen molar-refractivity contribution in [1.29, 1.82) is 0 Å². The number of benzene rings is 2. The summed E-state index contributed by atoms with van der Waals surface area (Å²) < 4.78 is 5.45. The monoisotopic (exact) mass is 438 g/mol. The van der Waals surface area contributed by atoms with E-state index in [1.54, 1.807) is 12.1 Å². The van der Waals surface area contributed by atoms with E-state index >= 15 is 0 Å². The molecule has 2 unspecified atom stereocenters. The zero-order valence-corrected chi connectivity index (χ0v) is 18.4. The van der Waals surface area contributed by atoms with Crippen molar-refractivity contribution in [2.24, 2.45) is 5.92 Å². The van der Waals surface area contributed by atoms with Gasteiger partial charge in [0.1, 0.15) is 0 Å². The molecule has 6 nitrogen and oxygen atoms in total. The summed E-state index contributed by atoms with van der Waals surface area (Å²) in [6.45, 7) is 4.24. The summed E-state index contributed by atoms with van der Waals surface area (Å²) in [7, 11) is 0. The van der Waals surface area contributed by atoms with E-state index in [-0.39, 0.29) is 17.9 Å². The molecule has 0 bridgehead atoms. The summed E-state index contributed by atoms with van der Waals surface area (Å²) in [4.78, 5) is 19.7. The van der Waals surface area contributed by atoms with Crippen molar-refractivity contribution in [3.05, 3.63) is 71.1 Å². The average molecular weight is 439 g/mol. The number of carbonyl (C=O) groups excluding carboxylic acids is 1. The molecular formula is C24H27ClN4O2. The standard InChI is InChI=1S/C24H27ClN4O2/c1-2-21(17-7-4-3-5-8-17)26-24(30)19-9-6-14-29(15-19)16-22-27-23(28-31-22)18-10-12-20(25)13-11-18/h3-5,7-8,10-13,19,21H,2,6,9,14-16H2,1H3,(H,26,30). The van der Waals surface area contributed by atoms with E-state index in [2.05, 4.69) is 39.4 Å². The van der Waals surface area contributed by atoms with Gasteiger partial charge in [-0.15, -0.1) is 0 Å². The summed E-state index contributed by atoms with van der Waals surface area (Å²) in [5.74, 6) is 1.19. The third-order valence-corrected chi connectivity index (χ3v) is 5.98. The molecule has 0 spiro atoms. The first-order valence-electron chi connectivity index (χ1n) is 10.8. The van der Waals surface area contributed by atoms with Crippen molar-refractivity contribution in [2.75, 3.05) is 13.1 Å². The molecule has 3 aromatic rings. The number of nitrogens with zero attached hydrogens (tertiary/aromatic N) is 3. The lowest BCUT2D eigenvalue weighted by atomic mass is 9.95. The van der Waals surface area contributed by atoms with Gasteiger partial charge < -0.3 is 9.84 Å². The zero-order valence-electron chi connectivity index (χ0n) is 17.6. The van der Waals surface area contributed by atoms with Crippen molar-refractivity contribution in [1.82, 2.24) is 20.4 Å². The van der Waals surface area contributed by atoms with E-state index in [9.17, 15) is 4.79 Å². The van der Waals surface area contributed by atoms with Gasteiger partial charge in [-0.2, -0.15) is 4.98 Å². The van der Waals surface area contributed by atoms with E-state index in [1.807, 2.05) is 30.3 Å². The lowest BCUT2D eigenvalue weighted by Crippen LogP contribution is -2.43. The molecule has 1 aromatic heterocycles. The highest BCUT2D eigenvalue weighted by molar-refractivity contribution is 6.30. The third-order valence-electron chi connectivity index (χ3n) is 5.73. The van der Waals surface area contributed by atoms with Crippen molar-refractivity contribution < 1.29 is 9.32 Å². The molecule has 1 aliphatic heterocycles. The van der Waals surface area contributed by atoms with Crippen molar-refractivity contribution in [3.8, 4) is 11.4 Å². The Morgan fingerprint density at radius 1 is 1.23 bits per heavy atom. The van der Waals surface area contributed by atoms with Gasteiger partial charge >= 0.3 is 0 Å². The molecule has 162 valence electrons. The van der Waals surface area contributed by atoms with Crippen LogP contribution in [0.5, 0.6) is 0 Å². The van der Waals surface area contributed by atoms with Crippen LogP contribution in [-0.2, 0) is 11.3 Å². The molecule has 1 aliphatic rings. The van der Waals surface area contributed by atoms with Crippen molar-refractivity contribution >= 4 is 17.5 Å². The van der Waals surface area contributed by atoms with Crippen LogP contribution in [0.2, 0.25) is 5.02 Å². The number of hydrogen-bond acceptors (Lipinski definition) is 5. The van der Waals surface area contributed by atoms with Crippen LogP contribution >= 0.6 is 11.6 Å². The first-order chi connectivity index (χ1) is 15.1. The van der Waals surface area contributed by atoms with Gasteiger partial charge in [0, 0.05) is 17.1 Å². The lowest BCUT2D eigenvalue weighted by molar-refractivity contribution is -0.127. The molecule has 1 amide bonds. The Morgan fingerprint density at radius 3 is 2.74 bits per heavy atom. The minimum absolute atomic E-state index is 0.0369. The Balaban J connectivity index is 1.35. The van der Waals surface area contributed by atoms with Gasteiger partial charge in [-0.25, -0.2) is 0 Å². The Bertz CT molecular complexity index is 990. The maximum atomic E-state index is 13.0. The first kappa shape index (κ1) is 21.5. The quantitative estimate of drug-likeness (QED) is 0.569. The highest BCUT2D eigenvalue weighted by Crippen LogP contribution is 2.23. The van der Waals surface area contributed by atoms with E-state index in [0.717, 1.165) is 36.9 Å². The molecule has 2 atom stereocenters. The zero-order chi connectivity index (χ0) is 21.6. The van der Waals surface area contributed by atoms with Gasteiger partial charge in [-0.3, -0.25) is 9.69 Å². The number of nitrogens with one attached hydrogen (secondary N) is 1. The summed E-state index contributed by atoms with van der Waals surface area (Å²) in [6.07, 6.45) is 2.73. The molecule has 4 rings (SSSR count). The van der Waals surface area contributed by atoms with E-state index in [4.69, 9.17) is 16.1 Å². The largest absolute Gasteiger partial charge is 0.349 e. The predicted molar refractivity (Wildman–Crippen MR) is 120 cm³/mol. The predicted octanol–water partition coefficient (Wildman–Crippen LogP) is 4.87. The van der Waals surface area contributed by atoms with Crippen LogP contribution in [0.25, 0.3) is 11.4 Å². The van der Waals surface area contributed by atoms with E-state index < -0.39 is 0 Å². The van der Waals surface area contributed by atoms with Crippen LogP contribution in [0.1, 0.15) is 43.7 Å². The summed E-state index contributed by atoms with van der Waals surface area (Å²) >= 11 is 5.94. The molecule has 2 heterocycles. The molecule has 0 aliphatic carbocycles. The van der Waals surface area contributed by atoms with Crippen LogP contribution in [-0.4, -0.2) is 34.0 Å². The molecule has 1 saturated heterocycles. The van der Waals surface area contributed by atoms with E-state index in [0.29, 0.717) is 29.8 Å². The molecule has 0 radical (unpaired) electrons. The number of halogens is 1. The highest BCUT2D eigenvalue weighted by atomic mass is 35.5. The fourth-order valence-electron chi connectivity index (χ4n) is 4.04. The second kappa shape index (κ2) is 10.1. The molecule has 0 saturated carbocycles. The lowest BCUT2D eigenvalue weighted by Gasteiger charge is -2.32. The van der Waals surface area contributed by atoms with Crippen LogP contribution in [0.3, 0.4) is 0 Å². The molecule has 1 fully saturated rings. The number of carbonyl (C=O) groups is 1. The van der Waals surface area contributed by atoms with Crippen LogP contribution in [0.15, 0.2) is 59.1 Å². The SMILES string of the molecule is CCC(NC(=O)C1CCCN(Cc2nc(-c3ccc(Cl)cc3)no2)C1)c1ccccc1. The maximum absolute atomic E-state index is 13.0. The van der Waals surface area contributed by atoms with Gasteiger partial charge in [0.25, 0.3) is 0 Å². The summed E-state index contributed by atoms with van der Waals surface area (Å²) in [5.41, 5.74) is 2.01. The van der Waals surface area contributed by atoms with Crippen LogP contribution < -0.4 is 5.32 Å². The van der Waals surface area contributed by atoms with Crippen LogP contribution in [0.4, 0.5) is 0 Å². The van der Waals surface area contributed by atoms with Gasteiger partial charge in [0.05, 0.1) is 18.5 Å². The fourth-order valence-corrected chi connectivity index (χ4v) is 4.16. The topological polar surface area (TPSA) is 71.3 Å². The second-order valence-corrected chi connectivity index (χ2v) is 8.41. The average Bonchev–Trinajstić information content (AvgIpc) is 3.27. The van der Waals surface area contributed by atoms with Crippen molar-refractivity contribution in [2.45, 2.75) is 38.8 Å². The first-order valence-corrected chi connectivity index (χ1v) is 11.2.